The molecule has 1 aromatic heterocycles. The van der Waals surface area contributed by atoms with Gasteiger partial charge in [0.1, 0.15) is 0 Å². The topological polar surface area (TPSA) is 49.8 Å². The highest BCUT2D eigenvalue weighted by molar-refractivity contribution is 7.80. The fraction of sp³-hybridized carbons (Fsp3) is 0.214. The lowest BCUT2D eigenvalue weighted by atomic mass is 10.1. The van der Waals surface area contributed by atoms with Gasteiger partial charge in [-0.05, 0) is 56.2 Å². The Labute approximate surface area is 118 Å². The van der Waals surface area contributed by atoms with Crippen LogP contribution in [0.25, 0.3) is 0 Å². The number of nitrogens with one attached hydrogen (secondary N) is 2. The molecule has 0 atom stereocenters. The summed E-state index contributed by atoms with van der Waals surface area (Å²) in [6, 6.07) is 8.02. The third kappa shape index (κ3) is 3.72. The Morgan fingerprint density at radius 3 is 2.63 bits per heavy atom. The van der Waals surface area contributed by atoms with Gasteiger partial charge in [0.05, 0.1) is 0 Å². The van der Waals surface area contributed by atoms with Gasteiger partial charge in [0.15, 0.2) is 5.11 Å². The van der Waals surface area contributed by atoms with Crippen molar-refractivity contribution in [3.05, 3.63) is 47.3 Å². The van der Waals surface area contributed by atoms with Gasteiger partial charge in [0.25, 0.3) is 0 Å². The molecule has 5 heteroatoms. The third-order valence-corrected chi connectivity index (χ3v) is 2.87. The highest BCUT2D eigenvalue weighted by Crippen LogP contribution is 2.16. The molecule has 0 aliphatic carbocycles. The largest absolute Gasteiger partial charge is 0.332 e. The van der Waals surface area contributed by atoms with E-state index in [1.54, 1.807) is 6.20 Å². The highest BCUT2D eigenvalue weighted by Gasteiger charge is 2.03. The second-order valence-electron chi connectivity index (χ2n) is 4.42. The Balaban J connectivity index is 2.07. The fourth-order valence-electron chi connectivity index (χ4n) is 1.63. The number of aryl methyl sites for hydroxylation is 3. The van der Waals surface area contributed by atoms with Gasteiger partial charge in [-0.25, -0.2) is 9.97 Å². The minimum atomic E-state index is 0.485. The summed E-state index contributed by atoms with van der Waals surface area (Å²) >= 11 is 5.26. The lowest BCUT2D eigenvalue weighted by Gasteiger charge is -2.12. The van der Waals surface area contributed by atoms with Crippen LogP contribution in [0.2, 0.25) is 0 Å². The molecule has 0 radical (unpaired) electrons. The van der Waals surface area contributed by atoms with Crippen molar-refractivity contribution in [2.24, 2.45) is 0 Å². The SMILES string of the molecule is Cc1ccc(C)c(NC(=S)Nc2nccc(C)n2)c1. The zero-order chi connectivity index (χ0) is 13.8. The van der Waals surface area contributed by atoms with E-state index in [0.29, 0.717) is 11.1 Å². The number of rotatable bonds is 2. The average molecular weight is 272 g/mol. The second-order valence-corrected chi connectivity index (χ2v) is 4.83. The molecular weight excluding hydrogens is 256 g/mol. The molecule has 0 saturated heterocycles. The van der Waals surface area contributed by atoms with E-state index in [1.807, 2.05) is 26.8 Å². The van der Waals surface area contributed by atoms with E-state index in [-0.39, 0.29) is 0 Å². The first kappa shape index (κ1) is 13.4. The maximum absolute atomic E-state index is 5.26. The molecule has 0 bridgehead atoms. The van der Waals surface area contributed by atoms with Gasteiger partial charge < -0.3 is 10.6 Å². The first-order chi connectivity index (χ1) is 9.04. The van der Waals surface area contributed by atoms with E-state index in [0.717, 1.165) is 16.9 Å². The maximum Gasteiger partial charge on any atom is 0.229 e. The number of benzene rings is 1. The lowest BCUT2D eigenvalue weighted by Crippen LogP contribution is -2.21. The minimum Gasteiger partial charge on any atom is -0.332 e. The zero-order valence-electron chi connectivity index (χ0n) is 11.2. The molecule has 0 fully saturated rings. The van der Waals surface area contributed by atoms with E-state index >= 15 is 0 Å². The molecule has 98 valence electrons. The monoisotopic (exact) mass is 272 g/mol. The Kier molecular flexibility index (Phi) is 4.06. The molecule has 0 saturated carbocycles. The Hall–Kier alpha value is -2.01. The molecule has 0 unspecified atom stereocenters. The van der Waals surface area contributed by atoms with Gasteiger partial charge in [0, 0.05) is 17.6 Å². The number of thiocarbonyl (C=S) groups is 1. The van der Waals surface area contributed by atoms with Crippen LogP contribution < -0.4 is 10.6 Å². The van der Waals surface area contributed by atoms with E-state index in [9.17, 15) is 0 Å². The van der Waals surface area contributed by atoms with Crippen molar-refractivity contribution in [3.63, 3.8) is 0 Å². The number of hydrogen-bond donors (Lipinski definition) is 2. The van der Waals surface area contributed by atoms with Crippen LogP contribution in [-0.4, -0.2) is 15.1 Å². The van der Waals surface area contributed by atoms with E-state index in [2.05, 4.69) is 38.8 Å². The van der Waals surface area contributed by atoms with Gasteiger partial charge in [0.2, 0.25) is 5.95 Å². The average Bonchev–Trinajstić information content (AvgIpc) is 2.34. The molecule has 2 aromatic rings. The maximum atomic E-state index is 5.26. The third-order valence-electron chi connectivity index (χ3n) is 2.66. The quantitative estimate of drug-likeness (QED) is 0.822. The second kappa shape index (κ2) is 5.75. The summed E-state index contributed by atoms with van der Waals surface area (Å²) in [5, 5.41) is 6.62. The Morgan fingerprint density at radius 1 is 1.11 bits per heavy atom. The minimum absolute atomic E-state index is 0.485. The number of hydrogen-bond acceptors (Lipinski definition) is 3. The standard InChI is InChI=1S/C14H16N4S/c1-9-4-5-10(2)12(8-9)17-14(19)18-13-15-7-6-11(3)16-13/h4-8H,1-3H3,(H2,15,16,17,18,19). The molecule has 0 aliphatic heterocycles. The molecule has 0 amide bonds. The van der Waals surface area contributed by atoms with Crippen molar-refractivity contribution in [2.45, 2.75) is 20.8 Å². The van der Waals surface area contributed by atoms with Gasteiger partial charge in [-0.2, -0.15) is 0 Å². The molecule has 0 aliphatic rings. The normalized spacial score (nSPS) is 10.1. The van der Waals surface area contributed by atoms with Crippen molar-refractivity contribution >= 4 is 29.0 Å². The van der Waals surface area contributed by atoms with Crippen molar-refractivity contribution < 1.29 is 0 Å². The van der Waals surface area contributed by atoms with Crippen molar-refractivity contribution in [1.82, 2.24) is 9.97 Å². The van der Waals surface area contributed by atoms with E-state index in [4.69, 9.17) is 12.2 Å². The number of aromatic nitrogens is 2. The van der Waals surface area contributed by atoms with E-state index < -0.39 is 0 Å². The predicted octanol–water partition coefficient (Wildman–Crippen LogP) is 3.21. The van der Waals surface area contributed by atoms with Crippen LogP contribution in [0.5, 0.6) is 0 Å². The summed E-state index contributed by atoms with van der Waals surface area (Å²) in [6.07, 6.45) is 1.70. The molecule has 1 heterocycles. The van der Waals surface area contributed by atoms with E-state index in [1.165, 1.54) is 5.56 Å². The number of anilines is 2. The van der Waals surface area contributed by atoms with Gasteiger partial charge in [-0.1, -0.05) is 12.1 Å². The van der Waals surface area contributed by atoms with Gasteiger partial charge in [-0.3, -0.25) is 0 Å². The van der Waals surface area contributed by atoms with Crippen LogP contribution in [0.1, 0.15) is 16.8 Å². The molecular formula is C14H16N4S. The summed E-state index contributed by atoms with van der Waals surface area (Å²) in [5.41, 5.74) is 4.21. The molecule has 1 aromatic carbocycles. The van der Waals surface area contributed by atoms with Crippen LogP contribution in [-0.2, 0) is 0 Å². The highest BCUT2D eigenvalue weighted by atomic mass is 32.1. The van der Waals surface area contributed by atoms with Gasteiger partial charge in [-0.15, -0.1) is 0 Å². The van der Waals surface area contributed by atoms with Crippen LogP contribution in [0.3, 0.4) is 0 Å². The fourth-order valence-corrected chi connectivity index (χ4v) is 1.84. The first-order valence-electron chi connectivity index (χ1n) is 5.99. The molecule has 19 heavy (non-hydrogen) atoms. The van der Waals surface area contributed by atoms with Crippen LogP contribution in [0.4, 0.5) is 11.6 Å². The summed E-state index contributed by atoms with van der Waals surface area (Å²) < 4.78 is 0. The van der Waals surface area contributed by atoms with Crippen LogP contribution in [0.15, 0.2) is 30.5 Å². The Bertz CT molecular complexity index is 610. The molecule has 2 N–H and O–H groups in total. The lowest BCUT2D eigenvalue weighted by molar-refractivity contribution is 1.11. The molecule has 4 nitrogen and oxygen atoms in total. The summed E-state index contributed by atoms with van der Waals surface area (Å²) in [5.74, 6) is 0.503. The summed E-state index contributed by atoms with van der Waals surface area (Å²) in [6.45, 7) is 5.99. The predicted molar refractivity (Wildman–Crippen MR) is 82.5 cm³/mol. The smallest absolute Gasteiger partial charge is 0.229 e. The number of nitrogens with zero attached hydrogens (tertiary/aromatic N) is 2. The summed E-state index contributed by atoms with van der Waals surface area (Å²) in [4.78, 5) is 8.36. The van der Waals surface area contributed by atoms with Crippen LogP contribution in [0, 0.1) is 20.8 Å². The molecule has 0 spiro atoms. The zero-order valence-corrected chi connectivity index (χ0v) is 12.0. The van der Waals surface area contributed by atoms with Crippen molar-refractivity contribution in [2.75, 3.05) is 10.6 Å². The van der Waals surface area contributed by atoms with Gasteiger partial charge >= 0.3 is 0 Å². The van der Waals surface area contributed by atoms with Crippen molar-refractivity contribution in [3.8, 4) is 0 Å². The van der Waals surface area contributed by atoms with Crippen LogP contribution >= 0.6 is 12.2 Å². The molecule has 2 rings (SSSR count). The summed E-state index contributed by atoms with van der Waals surface area (Å²) in [7, 11) is 0. The Morgan fingerprint density at radius 2 is 1.89 bits per heavy atom. The van der Waals surface area contributed by atoms with Crippen molar-refractivity contribution in [1.29, 1.82) is 0 Å². The first-order valence-corrected chi connectivity index (χ1v) is 6.40.